The molecular formula is C24H18N4O3S. The molecule has 0 bridgehead atoms. The molecule has 7 nitrogen and oxygen atoms in total. The highest BCUT2D eigenvalue weighted by Crippen LogP contribution is 2.31. The van der Waals surface area contributed by atoms with Crippen molar-refractivity contribution < 1.29 is 15.0 Å². The van der Waals surface area contributed by atoms with Crippen LogP contribution in [-0.4, -0.2) is 31.1 Å². The summed E-state index contributed by atoms with van der Waals surface area (Å²) in [7, 11) is 0. The van der Waals surface area contributed by atoms with E-state index in [0.717, 1.165) is 27.6 Å². The Bertz CT molecular complexity index is 1430. The van der Waals surface area contributed by atoms with E-state index in [-0.39, 0.29) is 18.1 Å². The lowest BCUT2D eigenvalue weighted by atomic mass is 10.0. The van der Waals surface area contributed by atoms with Crippen LogP contribution in [0.5, 0.6) is 11.6 Å². The van der Waals surface area contributed by atoms with Gasteiger partial charge in [-0.25, -0.2) is 4.98 Å². The number of carbonyl (C=O) groups excluding carboxylic acids is 1. The van der Waals surface area contributed by atoms with E-state index in [2.05, 4.69) is 26.3 Å². The molecule has 0 saturated carbocycles. The maximum Gasteiger partial charge on any atom is 0.274 e. The topological polar surface area (TPSA) is 111 Å². The molecule has 0 radical (unpaired) electrons. The van der Waals surface area contributed by atoms with Gasteiger partial charge in [0.15, 0.2) is 11.5 Å². The first-order valence-corrected chi connectivity index (χ1v) is 10.8. The van der Waals surface area contributed by atoms with Crippen LogP contribution >= 0.6 is 11.3 Å². The molecule has 3 heterocycles. The van der Waals surface area contributed by atoms with E-state index in [1.165, 1.54) is 11.3 Å². The molecule has 4 N–H and O–H groups in total. The average Bonchev–Trinajstić information content (AvgIpc) is 3.50. The number of fused-ring (bicyclic) bond motifs is 1. The van der Waals surface area contributed by atoms with Crippen molar-refractivity contribution >= 4 is 28.1 Å². The molecule has 158 valence electrons. The molecule has 0 saturated heterocycles. The number of benzene rings is 2. The molecule has 0 spiro atoms. The molecule has 0 aliphatic carbocycles. The highest BCUT2D eigenvalue weighted by atomic mass is 32.1. The zero-order valence-corrected chi connectivity index (χ0v) is 17.6. The van der Waals surface area contributed by atoms with E-state index < -0.39 is 17.5 Å². The molecule has 0 aliphatic rings. The Kier molecular flexibility index (Phi) is 5.04. The molecule has 3 aromatic heterocycles. The zero-order valence-electron chi connectivity index (χ0n) is 16.7. The Balaban J connectivity index is 1.38. The smallest absolute Gasteiger partial charge is 0.274 e. The number of thiophene rings is 1. The largest absolute Gasteiger partial charge is 0.501 e. The van der Waals surface area contributed by atoms with Gasteiger partial charge >= 0.3 is 0 Å². The Labute approximate surface area is 187 Å². The third kappa shape index (κ3) is 3.67. The van der Waals surface area contributed by atoms with Crippen molar-refractivity contribution in [3.05, 3.63) is 83.5 Å². The fourth-order valence-electron chi connectivity index (χ4n) is 3.54. The lowest BCUT2D eigenvalue weighted by Gasteiger charge is -2.09. The number of hydrogen-bond acceptors (Lipinski definition) is 6. The van der Waals surface area contributed by atoms with Gasteiger partial charge in [0.05, 0.1) is 4.88 Å². The van der Waals surface area contributed by atoms with Crippen molar-refractivity contribution in [1.82, 2.24) is 20.3 Å². The van der Waals surface area contributed by atoms with E-state index >= 15 is 0 Å². The number of hydrogen-bond donors (Lipinski definition) is 4. The third-order valence-corrected chi connectivity index (χ3v) is 5.97. The van der Waals surface area contributed by atoms with Crippen molar-refractivity contribution in [2.24, 2.45) is 0 Å². The van der Waals surface area contributed by atoms with Crippen LogP contribution in [0.25, 0.3) is 32.7 Å². The van der Waals surface area contributed by atoms with Gasteiger partial charge in [-0.15, -0.1) is 11.3 Å². The molecule has 1 amide bonds. The summed E-state index contributed by atoms with van der Waals surface area (Å²) in [4.78, 5) is 24.7. The van der Waals surface area contributed by atoms with Gasteiger partial charge in [0.2, 0.25) is 5.75 Å². The first-order valence-electron chi connectivity index (χ1n) is 9.87. The van der Waals surface area contributed by atoms with Crippen LogP contribution in [0.1, 0.15) is 16.1 Å². The first kappa shape index (κ1) is 19.8. The third-order valence-electron chi connectivity index (χ3n) is 5.10. The van der Waals surface area contributed by atoms with Gasteiger partial charge in [-0.1, -0.05) is 42.5 Å². The average molecular weight is 443 g/mol. The summed E-state index contributed by atoms with van der Waals surface area (Å²) in [5, 5.41) is 25.8. The van der Waals surface area contributed by atoms with Crippen molar-refractivity contribution in [2.75, 3.05) is 0 Å². The predicted octanol–water partition coefficient (Wildman–Crippen LogP) is 4.69. The molecule has 2 aromatic carbocycles. The van der Waals surface area contributed by atoms with E-state index in [1.54, 1.807) is 6.07 Å². The number of aromatic nitrogens is 3. The van der Waals surface area contributed by atoms with Gasteiger partial charge in [0.1, 0.15) is 0 Å². The van der Waals surface area contributed by atoms with Gasteiger partial charge in [0.25, 0.3) is 11.8 Å². The van der Waals surface area contributed by atoms with E-state index in [4.69, 9.17) is 0 Å². The summed E-state index contributed by atoms with van der Waals surface area (Å²) in [5.41, 5.74) is 3.78. The van der Waals surface area contributed by atoms with Crippen molar-refractivity contribution in [1.29, 1.82) is 0 Å². The molecule has 8 heteroatoms. The highest BCUT2D eigenvalue weighted by molar-refractivity contribution is 7.13. The van der Waals surface area contributed by atoms with Gasteiger partial charge in [0, 0.05) is 29.2 Å². The summed E-state index contributed by atoms with van der Waals surface area (Å²) in [5.74, 6) is -1.69. The summed E-state index contributed by atoms with van der Waals surface area (Å²) in [6.45, 7) is 0.230. The predicted molar refractivity (Wildman–Crippen MR) is 124 cm³/mol. The number of rotatable bonds is 5. The number of H-pyrrole nitrogens is 1. The summed E-state index contributed by atoms with van der Waals surface area (Å²) in [6, 6.07) is 19.5. The van der Waals surface area contributed by atoms with Gasteiger partial charge in [-0.3, -0.25) is 4.79 Å². The number of aromatic hydroxyl groups is 2. The van der Waals surface area contributed by atoms with Crippen LogP contribution in [0.3, 0.4) is 0 Å². The number of amides is 1. The van der Waals surface area contributed by atoms with Gasteiger partial charge in [-0.05, 0) is 34.7 Å². The van der Waals surface area contributed by atoms with E-state index in [1.807, 2.05) is 60.1 Å². The number of carbonyl (C=O) groups is 1. The quantitative estimate of drug-likeness (QED) is 0.315. The molecule has 0 unspecified atom stereocenters. The van der Waals surface area contributed by atoms with Crippen LogP contribution in [0.15, 0.2) is 72.2 Å². The Morgan fingerprint density at radius 2 is 1.91 bits per heavy atom. The molecule has 0 fully saturated rings. The molecule has 5 rings (SSSR count). The molecule has 5 aromatic rings. The maximum atomic E-state index is 12.7. The van der Waals surface area contributed by atoms with Crippen LogP contribution < -0.4 is 5.32 Å². The monoisotopic (exact) mass is 442 g/mol. The van der Waals surface area contributed by atoms with Crippen LogP contribution in [0, 0.1) is 0 Å². The molecule has 0 aliphatic heterocycles. The van der Waals surface area contributed by atoms with Gasteiger partial charge in [-0.2, -0.15) is 4.98 Å². The summed E-state index contributed by atoms with van der Waals surface area (Å²) in [6.07, 6.45) is 1.97. The molecule has 32 heavy (non-hydrogen) atoms. The number of nitrogens with zero attached hydrogens (tertiary/aromatic N) is 2. The first-order chi connectivity index (χ1) is 15.6. The summed E-state index contributed by atoms with van der Waals surface area (Å²) < 4.78 is 0. The molecular weight excluding hydrogens is 424 g/mol. The maximum absolute atomic E-state index is 12.7. The standard InChI is InChI=1S/C24H18N4O3S/c29-21-20(27-22(28-24(21)31)19-9-4-10-32-19)23(30)26-12-14-5-3-6-15(11-14)17-13-25-18-8-2-1-7-16(17)18/h1-11,13,25,29H,12H2,(H,26,30)(H,27,28,31). The fourth-order valence-corrected chi connectivity index (χ4v) is 4.20. The minimum Gasteiger partial charge on any atom is -0.501 e. The number of nitrogens with one attached hydrogen (secondary N) is 2. The lowest BCUT2D eigenvalue weighted by molar-refractivity contribution is 0.0942. The fraction of sp³-hybridized carbons (Fsp3) is 0.0417. The second kappa shape index (κ2) is 8.16. The van der Waals surface area contributed by atoms with Crippen molar-refractivity contribution in [3.63, 3.8) is 0 Å². The second-order valence-corrected chi connectivity index (χ2v) is 8.12. The summed E-state index contributed by atoms with van der Waals surface area (Å²) >= 11 is 1.37. The minimum absolute atomic E-state index is 0.182. The lowest BCUT2D eigenvalue weighted by Crippen LogP contribution is -2.24. The van der Waals surface area contributed by atoms with E-state index in [9.17, 15) is 15.0 Å². The number of aromatic amines is 1. The Hall–Kier alpha value is -4.17. The van der Waals surface area contributed by atoms with Crippen molar-refractivity contribution in [3.8, 4) is 33.5 Å². The number of para-hydroxylation sites is 1. The van der Waals surface area contributed by atoms with Crippen LogP contribution in [0.2, 0.25) is 0 Å². The van der Waals surface area contributed by atoms with Gasteiger partial charge < -0.3 is 20.5 Å². The normalized spacial score (nSPS) is 11.0. The zero-order chi connectivity index (χ0) is 22.1. The molecule has 0 atom stereocenters. The van der Waals surface area contributed by atoms with Crippen LogP contribution in [0.4, 0.5) is 0 Å². The van der Waals surface area contributed by atoms with Crippen LogP contribution in [-0.2, 0) is 6.54 Å². The van der Waals surface area contributed by atoms with Crippen molar-refractivity contribution in [2.45, 2.75) is 6.54 Å². The second-order valence-electron chi connectivity index (χ2n) is 7.18. The Morgan fingerprint density at radius 1 is 1.03 bits per heavy atom. The highest BCUT2D eigenvalue weighted by Gasteiger charge is 2.20. The minimum atomic E-state index is -0.643. The Morgan fingerprint density at radius 3 is 2.75 bits per heavy atom. The van der Waals surface area contributed by atoms with E-state index in [0.29, 0.717) is 4.88 Å². The SMILES string of the molecule is O=C(NCc1cccc(-c2c[nH]c3ccccc23)c1)c1nc(-c2cccs2)nc(O)c1O.